The molecule has 0 aliphatic heterocycles. The van der Waals surface area contributed by atoms with Gasteiger partial charge in [-0.25, -0.2) is 0 Å². The van der Waals surface area contributed by atoms with Gasteiger partial charge in [0.05, 0.1) is 0 Å². The number of hydrogen-bond donors (Lipinski definition) is 1. The second-order valence-electron chi connectivity index (χ2n) is 5.17. The number of benzene rings is 1. The Morgan fingerprint density at radius 1 is 1.20 bits per heavy atom. The molecule has 0 spiro atoms. The van der Waals surface area contributed by atoms with E-state index in [1.807, 2.05) is 45.0 Å². The molecule has 0 bridgehead atoms. The third-order valence-corrected chi connectivity index (χ3v) is 3.70. The SMILES string of the molecule is CC(CC(=O)N(CC(=O)O)C(C)C)c1ccc(Br)cc1. The molecule has 1 atom stereocenters. The Kier molecular flexibility index (Phi) is 6.20. The van der Waals surface area contributed by atoms with E-state index in [-0.39, 0.29) is 24.4 Å². The molecule has 0 aliphatic carbocycles. The minimum atomic E-state index is -0.983. The number of amides is 1. The van der Waals surface area contributed by atoms with E-state index in [2.05, 4.69) is 15.9 Å². The molecule has 1 rings (SSSR count). The van der Waals surface area contributed by atoms with E-state index in [0.717, 1.165) is 10.0 Å². The van der Waals surface area contributed by atoms with Crippen molar-refractivity contribution in [2.45, 2.75) is 39.2 Å². The van der Waals surface area contributed by atoms with E-state index in [4.69, 9.17) is 5.11 Å². The van der Waals surface area contributed by atoms with E-state index in [1.165, 1.54) is 4.90 Å². The topological polar surface area (TPSA) is 57.6 Å². The highest BCUT2D eigenvalue weighted by Crippen LogP contribution is 2.22. The summed E-state index contributed by atoms with van der Waals surface area (Å²) in [6.07, 6.45) is 0.313. The Labute approximate surface area is 127 Å². The molecule has 110 valence electrons. The Hall–Kier alpha value is -1.36. The van der Waals surface area contributed by atoms with E-state index in [1.54, 1.807) is 0 Å². The maximum absolute atomic E-state index is 12.2. The quantitative estimate of drug-likeness (QED) is 0.863. The number of carboxylic acids is 1. The van der Waals surface area contributed by atoms with Crippen molar-refractivity contribution in [2.24, 2.45) is 0 Å². The lowest BCUT2D eigenvalue weighted by Gasteiger charge is -2.26. The van der Waals surface area contributed by atoms with Gasteiger partial charge in [-0.2, -0.15) is 0 Å². The van der Waals surface area contributed by atoms with Gasteiger partial charge in [-0.3, -0.25) is 9.59 Å². The van der Waals surface area contributed by atoms with Crippen LogP contribution in [0.3, 0.4) is 0 Å². The normalized spacial score (nSPS) is 12.2. The maximum Gasteiger partial charge on any atom is 0.323 e. The predicted octanol–water partition coefficient (Wildman–Crippen LogP) is 3.26. The molecule has 0 saturated carbocycles. The number of carboxylic acid groups (broad SMARTS) is 1. The van der Waals surface area contributed by atoms with Crippen LogP contribution in [0.25, 0.3) is 0 Å². The second-order valence-corrected chi connectivity index (χ2v) is 6.08. The predicted molar refractivity (Wildman–Crippen MR) is 81.7 cm³/mol. The van der Waals surface area contributed by atoms with Crippen LogP contribution in [0.1, 0.15) is 38.7 Å². The fourth-order valence-corrected chi connectivity index (χ4v) is 2.26. The Balaban J connectivity index is 2.72. The van der Waals surface area contributed by atoms with Crippen molar-refractivity contribution in [1.82, 2.24) is 4.90 Å². The fraction of sp³-hybridized carbons (Fsp3) is 0.467. The van der Waals surface area contributed by atoms with Crippen LogP contribution in [0.4, 0.5) is 0 Å². The molecule has 5 heteroatoms. The van der Waals surface area contributed by atoms with Crippen molar-refractivity contribution in [3.63, 3.8) is 0 Å². The number of carbonyl (C=O) groups is 2. The average Bonchev–Trinajstić information content (AvgIpc) is 2.35. The molecule has 1 aromatic rings. The monoisotopic (exact) mass is 341 g/mol. The highest BCUT2D eigenvalue weighted by molar-refractivity contribution is 9.10. The summed E-state index contributed by atoms with van der Waals surface area (Å²) in [6, 6.07) is 7.70. The molecule has 1 N–H and O–H groups in total. The van der Waals surface area contributed by atoms with Crippen LogP contribution in [-0.4, -0.2) is 34.5 Å². The summed E-state index contributed by atoms with van der Waals surface area (Å²) in [6.45, 7) is 5.38. The second kappa shape index (κ2) is 7.43. The Bertz CT molecular complexity index is 471. The molecule has 0 aliphatic rings. The maximum atomic E-state index is 12.2. The zero-order valence-electron chi connectivity index (χ0n) is 12.0. The van der Waals surface area contributed by atoms with Crippen molar-refractivity contribution >= 4 is 27.8 Å². The number of carbonyl (C=O) groups excluding carboxylic acids is 1. The van der Waals surface area contributed by atoms with Gasteiger partial charge in [0.2, 0.25) is 5.91 Å². The van der Waals surface area contributed by atoms with Gasteiger partial charge in [0, 0.05) is 16.9 Å². The summed E-state index contributed by atoms with van der Waals surface area (Å²) in [7, 11) is 0. The summed E-state index contributed by atoms with van der Waals surface area (Å²) in [5, 5.41) is 8.86. The molecular weight excluding hydrogens is 322 g/mol. The van der Waals surface area contributed by atoms with E-state index < -0.39 is 5.97 Å². The van der Waals surface area contributed by atoms with Gasteiger partial charge < -0.3 is 10.0 Å². The van der Waals surface area contributed by atoms with Crippen LogP contribution in [0.2, 0.25) is 0 Å². The van der Waals surface area contributed by atoms with Gasteiger partial charge in [-0.1, -0.05) is 35.0 Å². The number of hydrogen-bond acceptors (Lipinski definition) is 2. The van der Waals surface area contributed by atoms with Crippen LogP contribution >= 0.6 is 15.9 Å². The summed E-state index contributed by atoms with van der Waals surface area (Å²) in [5.74, 6) is -1.05. The molecule has 0 saturated heterocycles. The lowest BCUT2D eigenvalue weighted by atomic mass is 9.97. The van der Waals surface area contributed by atoms with Gasteiger partial charge in [0.15, 0.2) is 0 Å². The zero-order chi connectivity index (χ0) is 15.3. The molecule has 0 aromatic heterocycles. The third-order valence-electron chi connectivity index (χ3n) is 3.17. The first-order chi connectivity index (χ1) is 9.31. The molecule has 0 heterocycles. The summed E-state index contributed by atoms with van der Waals surface area (Å²) in [4.78, 5) is 24.4. The zero-order valence-corrected chi connectivity index (χ0v) is 13.6. The van der Waals surface area contributed by atoms with Crippen molar-refractivity contribution < 1.29 is 14.7 Å². The highest BCUT2D eigenvalue weighted by atomic mass is 79.9. The van der Waals surface area contributed by atoms with Crippen LogP contribution in [-0.2, 0) is 9.59 Å². The number of aliphatic carboxylic acids is 1. The Morgan fingerprint density at radius 2 is 1.75 bits per heavy atom. The summed E-state index contributed by atoms with van der Waals surface area (Å²) >= 11 is 3.37. The first-order valence-electron chi connectivity index (χ1n) is 6.58. The van der Waals surface area contributed by atoms with Gasteiger partial charge in [0.25, 0.3) is 0 Å². The smallest absolute Gasteiger partial charge is 0.323 e. The average molecular weight is 342 g/mol. The largest absolute Gasteiger partial charge is 0.480 e. The molecule has 20 heavy (non-hydrogen) atoms. The highest BCUT2D eigenvalue weighted by Gasteiger charge is 2.22. The molecule has 1 amide bonds. The van der Waals surface area contributed by atoms with Gasteiger partial charge in [-0.05, 0) is 37.5 Å². The molecule has 0 radical (unpaired) electrons. The van der Waals surface area contributed by atoms with E-state index in [9.17, 15) is 9.59 Å². The minimum absolute atomic E-state index is 0.0608. The van der Waals surface area contributed by atoms with Gasteiger partial charge in [-0.15, -0.1) is 0 Å². The van der Waals surface area contributed by atoms with Crippen LogP contribution < -0.4 is 0 Å². The number of rotatable bonds is 6. The van der Waals surface area contributed by atoms with Crippen LogP contribution in [0.15, 0.2) is 28.7 Å². The van der Waals surface area contributed by atoms with Gasteiger partial charge in [0.1, 0.15) is 6.54 Å². The molecule has 1 aromatic carbocycles. The molecular formula is C15H20BrNO3. The standard InChI is InChI=1S/C15H20BrNO3/c1-10(2)17(9-15(19)20)14(18)8-11(3)12-4-6-13(16)7-5-12/h4-7,10-11H,8-9H2,1-3H3,(H,19,20). The Morgan fingerprint density at radius 3 is 2.20 bits per heavy atom. The third kappa shape index (κ3) is 4.96. The fourth-order valence-electron chi connectivity index (χ4n) is 1.99. The summed E-state index contributed by atoms with van der Waals surface area (Å²) in [5.41, 5.74) is 1.07. The number of halogens is 1. The van der Waals surface area contributed by atoms with Crippen molar-refractivity contribution in [3.8, 4) is 0 Å². The van der Waals surface area contributed by atoms with Crippen LogP contribution in [0, 0.1) is 0 Å². The lowest BCUT2D eigenvalue weighted by molar-refractivity contribution is -0.145. The van der Waals surface area contributed by atoms with E-state index in [0.29, 0.717) is 6.42 Å². The van der Waals surface area contributed by atoms with Gasteiger partial charge >= 0.3 is 5.97 Å². The lowest BCUT2D eigenvalue weighted by Crippen LogP contribution is -2.41. The van der Waals surface area contributed by atoms with Crippen molar-refractivity contribution in [3.05, 3.63) is 34.3 Å². The van der Waals surface area contributed by atoms with E-state index >= 15 is 0 Å². The van der Waals surface area contributed by atoms with Crippen molar-refractivity contribution in [2.75, 3.05) is 6.54 Å². The van der Waals surface area contributed by atoms with Crippen molar-refractivity contribution in [1.29, 1.82) is 0 Å². The van der Waals surface area contributed by atoms with Crippen LogP contribution in [0.5, 0.6) is 0 Å². The first-order valence-corrected chi connectivity index (χ1v) is 7.37. The number of nitrogens with zero attached hydrogens (tertiary/aromatic N) is 1. The molecule has 1 unspecified atom stereocenters. The molecule has 0 fully saturated rings. The summed E-state index contributed by atoms with van der Waals surface area (Å²) < 4.78 is 0.995. The minimum Gasteiger partial charge on any atom is -0.480 e. The molecule has 4 nitrogen and oxygen atoms in total. The first kappa shape index (κ1) is 16.7.